The maximum atomic E-state index is 12.9. The van der Waals surface area contributed by atoms with E-state index in [-0.39, 0.29) is 16.2 Å². The van der Waals surface area contributed by atoms with E-state index in [0.717, 1.165) is 4.31 Å². The number of para-hydroxylation sites is 3. The van der Waals surface area contributed by atoms with E-state index in [1.54, 1.807) is 36.4 Å². The number of ether oxygens (including phenoxy) is 2. The summed E-state index contributed by atoms with van der Waals surface area (Å²) >= 11 is 0. The SMILES string of the molecule is COc1ccc(C(=O)Nc2ccccc2Oc2ccccc2)cc1S(=O)(=O)N(C)C. The van der Waals surface area contributed by atoms with E-state index in [1.807, 2.05) is 18.2 Å². The molecule has 0 heterocycles. The number of rotatable bonds is 7. The maximum Gasteiger partial charge on any atom is 0.255 e. The van der Waals surface area contributed by atoms with E-state index >= 15 is 0 Å². The molecule has 0 saturated carbocycles. The number of nitrogens with zero attached hydrogens (tertiary/aromatic N) is 1. The second-order valence-electron chi connectivity index (χ2n) is 6.52. The number of carbonyl (C=O) groups excluding carboxylic acids is 1. The van der Waals surface area contributed by atoms with Crippen molar-refractivity contribution in [2.45, 2.75) is 4.90 Å². The molecule has 0 saturated heterocycles. The lowest BCUT2D eigenvalue weighted by Gasteiger charge is -2.16. The lowest BCUT2D eigenvalue weighted by atomic mass is 10.2. The molecule has 30 heavy (non-hydrogen) atoms. The van der Waals surface area contributed by atoms with Gasteiger partial charge in [0.15, 0.2) is 5.75 Å². The summed E-state index contributed by atoms with van der Waals surface area (Å²) in [5.41, 5.74) is 0.630. The van der Waals surface area contributed by atoms with Crippen molar-refractivity contribution in [2.75, 3.05) is 26.5 Å². The zero-order valence-corrected chi connectivity index (χ0v) is 17.6. The largest absolute Gasteiger partial charge is 0.495 e. The highest BCUT2D eigenvalue weighted by Gasteiger charge is 2.24. The number of amides is 1. The van der Waals surface area contributed by atoms with Gasteiger partial charge in [-0.05, 0) is 42.5 Å². The highest BCUT2D eigenvalue weighted by molar-refractivity contribution is 7.89. The van der Waals surface area contributed by atoms with Crippen molar-refractivity contribution in [3.63, 3.8) is 0 Å². The van der Waals surface area contributed by atoms with Gasteiger partial charge >= 0.3 is 0 Å². The van der Waals surface area contributed by atoms with Crippen LogP contribution in [0.3, 0.4) is 0 Å². The highest BCUT2D eigenvalue weighted by atomic mass is 32.2. The van der Waals surface area contributed by atoms with E-state index < -0.39 is 15.9 Å². The van der Waals surface area contributed by atoms with Gasteiger partial charge in [-0.25, -0.2) is 12.7 Å². The highest BCUT2D eigenvalue weighted by Crippen LogP contribution is 2.31. The van der Waals surface area contributed by atoms with E-state index in [0.29, 0.717) is 17.2 Å². The van der Waals surface area contributed by atoms with Crippen LogP contribution in [0.5, 0.6) is 17.2 Å². The van der Waals surface area contributed by atoms with Gasteiger partial charge in [0.25, 0.3) is 5.91 Å². The van der Waals surface area contributed by atoms with Crippen molar-refractivity contribution in [2.24, 2.45) is 0 Å². The summed E-state index contributed by atoms with van der Waals surface area (Å²) in [4.78, 5) is 12.8. The molecule has 0 spiro atoms. The van der Waals surface area contributed by atoms with Crippen molar-refractivity contribution in [3.05, 3.63) is 78.4 Å². The van der Waals surface area contributed by atoms with Crippen molar-refractivity contribution < 1.29 is 22.7 Å². The molecule has 0 atom stereocenters. The number of carbonyl (C=O) groups is 1. The minimum Gasteiger partial charge on any atom is -0.495 e. The summed E-state index contributed by atoms with van der Waals surface area (Å²) < 4.78 is 37.3. The Bertz CT molecular complexity index is 1150. The summed E-state index contributed by atoms with van der Waals surface area (Å²) in [5.74, 6) is 0.778. The van der Waals surface area contributed by atoms with Gasteiger partial charge in [-0.2, -0.15) is 0 Å². The first-order valence-electron chi connectivity index (χ1n) is 9.07. The van der Waals surface area contributed by atoms with E-state index in [9.17, 15) is 13.2 Å². The monoisotopic (exact) mass is 426 g/mol. The standard InChI is InChI=1S/C22H22N2O5S/c1-24(2)30(26,27)21-15-16(13-14-20(21)28-3)22(25)23-18-11-7-8-12-19(18)29-17-9-5-4-6-10-17/h4-15H,1-3H3,(H,23,25). The molecule has 0 aromatic heterocycles. The molecule has 0 bridgehead atoms. The van der Waals surface area contributed by atoms with Gasteiger partial charge < -0.3 is 14.8 Å². The van der Waals surface area contributed by atoms with Crippen molar-refractivity contribution in [1.82, 2.24) is 4.31 Å². The molecule has 3 aromatic carbocycles. The minimum absolute atomic E-state index is 0.0866. The van der Waals surface area contributed by atoms with Crippen LogP contribution in [0.15, 0.2) is 77.7 Å². The average Bonchev–Trinajstić information content (AvgIpc) is 2.75. The molecule has 1 amide bonds. The third-order valence-corrected chi connectivity index (χ3v) is 6.13. The van der Waals surface area contributed by atoms with E-state index in [1.165, 1.54) is 39.4 Å². The van der Waals surface area contributed by atoms with Crippen LogP contribution in [0.1, 0.15) is 10.4 Å². The van der Waals surface area contributed by atoms with Gasteiger partial charge in [-0.1, -0.05) is 30.3 Å². The fourth-order valence-corrected chi connectivity index (χ4v) is 3.76. The lowest BCUT2D eigenvalue weighted by Crippen LogP contribution is -2.23. The molecule has 8 heteroatoms. The molecule has 0 aliphatic heterocycles. The van der Waals surface area contributed by atoms with E-state index in [4.69, 9.17) is 9.47 Å². The van der Waals surface area contributed by atoms with Crippen LogP contribution < -0.4 is 14.8 Å². The number of methoxy groups -OCH3 is 1. The smallest absolute Gasteiger partial charge is 0.255 e. The normalized spacial score (nSPS) is 11.2. The Hall–Kier alpha value is -3.36. The van der Waals surface area contributed by atoms with Gasteiger partial charge in [-0.15, -0.1) is 0 Å². The molecule has 3 rings (SSSR count). The average molecular weight is 426 g/mol. The van der Waals surface area contributed by atoms with Gasteiger partial charge in [0.05, 0.1) is 12.8 Å². The Morgan fingerprint density at radius 1 is 0.900 bits per heavy atom. The van der Waals surface area contributed by atoms with Crippen LogP contribution in [0.25, 0.3) is 0 Å². The molecular formula is C22H22N2O5S. The summed E-state index contributed by atoms with van der Waals surface area (Å²) in [6, 6.07) is 20.4. The van der Waals surface area contributed by atoms with Crippen LogP contribution >= 0.6 is 0 Å². The first kappa shape index (κ1) is 21.4. The Kier molecular flexibility index (Phi) is 6.39. The number of benzene rings is 3. The zero-order valence-electron chi connectivity index (χ0n) is 16.8. The van der Waals surface area contributed by atoms with Crippen LogP contribution in [0.2, 0.25) is 0 Å². The van der Waals surface area contributed by atoms with Crippen LogP contribution in [0.4, 0.5) is 5.69 Å². The van der Waals surface area contributed by atoms with Gasteiger partial charge in [0, 0.05) is 19.7 Å². The molecule has 3 aromatic rings. The molecule has 1 N–H and O–H groups in total. The molecule has 0 aliphatic carbocycles. The van der Waals surface area contributed by atoms with Crippen molar-refractivity contribution in [1.29, 1.82) is 0 Å². The molecule has 0 fully saturated rings. The zero-order chi connectivity index (χ0) is 21.7. The Morgan fingerprint density at radius 2 is 1.57 bits per heavy atom. The molecule has 0 aliphatic rings. The number of hydrogen-bond donors (Lipinski definition) is 1. The second kappa shape index (κ2) is 8.98. The first-order chi connectivity index (χ1) is 14.3. The number of hydrogen-bond acceptors (Lipinski definition) is 5. The fraction of sp³-hybridized carbons (Fsp3) is 0.136. The maximum absolute atomic E-state index is 12.9. The molecule has 0 radical (unpaired) electrons. The quantitative estimate of drug-likeness (QED) is 0.618. The number of sulfonamides is 1. The van der Waals surface area contributed by atoms with Crippen LogP contribution in [-0.2, 0) is 10.0 Å². The lowest BCUT2D eigenvalue weighted by molar-refractivity contribution is 0.102. The third kappa shape index (κ3) is 4.61. The van der Waals surface area contributed by atoms with Gasteiger partial charge in [-0.3, -0.25) is 4.79 Å². The molecular weight excluding hydrogens is 404 g/mol. The first-order valence-corrected chi connectivity index (χ1v) is 10.5. The molecule has 0 unspecified atom stereocenters. The van der Waals surface area contributed by atoms with Gasteiger partial charge in [0.1, 0.15) is 16.4 Å². The molecule has 156 valence electrons. The van der Waals surface area contributed by atoms with E-state index in [2.05, 4.69) is 5.32 Å². The number of nitrogens with one attached hydrogen (secondary N) is 1. The Morgan fingerprint density at radius 3 is 2.23 bits per heavy atom. The van der Waals surface area contributed by atoms with Gasteiger partial charge in [0.2, 0.25) is 10.0 Å². The molecule has 7 nitrogen and oxygen atoms in total. The summed E-state index contributed by atoms with van der Waals surface area (Å²) in [6.07, 6.45) is 0. The fourth-order valence-electron chi connectivity index (χ4n) is 2.69. The summed E-state index contributed by atoms with van der Waals surface area (Å²) in [5, 5.41) is 2.78. The van der Waals surface area contributed by atoms with Crippen molar-refractivity contribution >= 4 is 21.6 Å². The summed E-state index contributed by atoms with van der Waals surface area (Å²) in [7, 11) is 0.413. The minimum atomic E-state index is -3.79. The summed E-state index contributed by atoms with van der Waals surface area (Å²) in [6.45, 7) is 0. The Labute approximate surface area is 175 Å². The topological polar surface area (TPSA) is 84.9 Å². The van der Waals surface area contributed by atoms with Crippen LogP contribution in [0, 0.1) is 0 Å². The van der Waals surface area contributed by atoms with Crippen LogP contribution in [-0.4, -0.2) is 39.8 Å². The predicted octanol–water partition coefficient (Wildman–Crippen LogP) is 3.99. The second-order valence-corrected chi connectivity index (χ2v) is 8.64. The predicted molar refractivity (Wildman–Crippen MR) is 115 cm³/mol. The third-order valence-electron chi connectivity index (χ3n) is 4.29. The number of anilines is 1. The van der Waals surface area contributed by atoms with Crippen molar-refractivity contribution in [3.8, 4) is 17.2 Å². The Balaban J connectivity index is 1.90.